The van der Waals surface area contributed by atoms with Crippen molar-refractivity contribution in [1.29, 1.82) is 5.26 Å². The molecule has 0 saturated carbocycles. The first-order chi connectivity index (χ1) is 19.4. The fourth-order valence-corrected chi connectivity index (χ4v) is 4.78. The SMILES string of the molecule is CC(O)C(NCc1ccc(OCc2cccc(-c3ccccc3)c2Br)cc1OCc1cccc(C#N)c1)C(=O)O. The quantitative estimate of drug-likeness (QED) is 0.181. The molecular weight excluding hydrogens is 572 g/mol. The number of rotatable bonds is 12. The number of nitrogens with zero attached hydrogens (tertiary/aromatic N) is 1. The third kappa shape index (κ3) is 7.48. The highest BCUT2D eigenvalue weighted by Gasteiger charge is 2.23. The summed E-state index contributed by atoms with van der Waals surface area (Å²) in [5.41, 5.74) is 5.19. The molecule has 0 radical (unpaired) electrons. The molecule has 0 spiro atoms. The van der Waals surface area contributed by atoms with Gasteiger partial charge in [-0.3, -0.25) is 10.1 Å². The number of aliphatic hydroxyl groups is 1. The molecule has 0 heterocycles. The summed E-state index contributed by atoms with van der Waals surface area (Å²) in [7, 11) is 0. The van der Waals surface area contributed by atoms with Gasteiger partial charge in [-0.1, -0.05) is 66.7 Å². The van der Waals surface area contributed by atoms with Gasteiger partial charge in [-0.25, -0.2) is 0 Å². The molecule has 0 aliphatic carbocycles. The van der Waals surface area contributed by atoms with Crippen LogP contribution in [0.1, 0.15) is 29.2 Å². The maximum atomic E-state index is 11.5. The molecule has 0 amide bonds. The molecule has 0 aromatic heterocycles. The van der Waals surface area contributed by atoms with Gasteiger partial charge >= 0.3 is 5.97 Å². The van der Waals surface area contributed by atoms with Gasteiger partial charge < -0.3 is 19.7 Å². The number of hydrogen-bond acceptors (Lipinski definition) is 6. The Labute approximate surface area is 241 Å². The molecule has 2 atom stereocenters. The van der Waals surface area contributed by atoms with E-state index in [2.05, 4.69) is 45.5 Å². The summed E-state index contributed by atoms with van der Waals surface area (Å²) in [4.78, 5) is 11.5. The summed E-state index contributed by atoms with van der Waals surface area (Å²) in [6.07, 6.45) is -1.08. The summed E-state index contributed by atoms with van der Waals surface area (Å²) in [5.74, 6) is -0.0694. The molecule has 0 bridgehead atoms. The number of carbonyl (C=O) groups is 1. The van der Waals surface area contributed by atoms with Crippen molar-refractivity contribution < 1.29 is 24.5 Å². The van der Waals surface area contributed by atoms with E-state index in [0.717, 1.165) is 26.7 Å². The standard InChI is InChI=1S/C32H29BrN2O5/c1-21(36)31(32(37)38)35-18-25-13-14-27(16-29(25)40-19-23-8-5-7-22(15-23)17-34)39-20-26-11-6-12-28(30(26)33)24-9-3-2-4-10-24/h2-16,21,31,35-36H,18-20H2,1H3,(H,37,38). The highest BCUT2D eigenvalue weighted by Crippen LogP contribution is 2.32. The van der Waals surface area contributed by atoms with Gasteiger partial charge in [-0.15, -0.1) is 0 Å². The molecular formula is C32H29BrN2O5. The van der Waals surface area contributed by atoms with Crippen LogP contribution in [0.4, 0.5) is 0 Å². The van der Waals surface area contributed by atoms with Crippen LogP contribution in [0.3, 0.4) is 0 Å². The van der Waals surface area contributed by atoms with E-state index in [-0.39, 0.29) is 13.2 Å². The number of halogens is 1. The molecule has 204 valence electrons. The van der Waals surface area contributed by atoms with Gasteiger partial charge in [-0.2, -0.15) is 5.26 Å². The molecule has 4 aromatic carbocycles. The van der Waals surface area contributed by atoms with Gasteiger partial charge in [0.25, 0.3) is 0 Å². The van der Waals surface area contributed by atoms with Crippen molar-refractivity contribution >= 4 is 21.9 Å². The molecule has 0 aliphatic heterocycles. The fraction of sp³-hybridized carbons (Fsp3) is 0.188. The minimum atomic E-state index is -1.14. The van der Waals surface area contributed by atoms with Crippen LogP contribution in [-0.4, -0.2) is 28.3 Å². The van der Waals surface area contributed by atoms with E-state index in [9.17, 15) is 20.3 Å². The highest BCUT2D eigenvalue weighted by atomic mass is 79.9. The second-order valence-electron chi connectivity index (χ2n) is 9.24. The summed E-state index contributed by atoms with van der Waals surface area (Å²) in [6, 6.07) is 29.6. The van der Waals surface area contributed by atoms with E-state index in [0.29, 0.717) is 29.2 Å². The largest absolute Gasteiger partial charge is 0.489 e. The minimum Gasteiger partial charge on any atom is -0.489 e. The van der Waals surface area contributed by atoms with Crippen LogP contribution in [0.2, 0.25) is 0 Å². The summed E-state index contributed by atoms with van der Waals surface area (Å²) < 4.78 is 13.2. The van der Waals surface area contributed by atoms with Gasteiger partial charge in [0.05, 0.1) is 17.7 Å². The highest BCUT2D eigenvalue weighted by molar-refractivity contribution is 9.10. The third-order valence-electron chi connectivity index (χ3n) is 6.31. The Morgan fingerprint density at radius 3 is 2.45 bits per heavy atom. The van der Waals surface area contributed by atoms with E-state index in [1.54, 1.807) is 36.4 Å². The number of aliphatic hydroxyl groups excluding tert-OH is 1. The lowest BCUT2D eigenvalue weighted by molar-refractivity contribution is -0.142. The Morgan fingerprint density at radius 1 is 0.950 bits per heavy atom. The molecule has 3 N–H and O–H groups in total. The minimum absolute atomic E-state index is 0.153. The van der Waals surface area contributed by atoms with E-state index in [1.165, 1.54) is 6.92 Å². The first kappa shape index (κ1) is 28.8. The topological polar surface area (TPSA) is 112 Å². The number of aliphatic carboxylic acids is 1. The molecule has 0 fully saturated rings. The first-order valence-electron chi connectivity index (χ1n) is 12.7. The fourth-order valence-electron chi connectivity index (χ4n) is 4.17. The summed E-state index contributed by atoms with van der Waals surface area (Å²) in [6.45, 7) is 2.09. The maximum Gasteiger partial charge on any atom is 0.323 e. The van der Waals surface area contributed by atoms with Crippen LogP contribution >= 0.6 is 15.9 Å². The zero-order valence-electron chi connectivity index (χ0n) is 21.9. The predicted molar refractivity (Wildman–Crippen MR) is 156 cm³/mol. The summed E-state index contributed by atoms with van der Waals surface area (Å²) in [5, 5.41) is 31.4. The Bertz CT molecular complexity index is 1500. The molecule has 8 heteroatoms. The van der Waals surface area contributed by atoms with Gasteiger partial charge in [-0.05, 0) is 57.7 Å². The molecule has 40 heavy (non-hydrogen) atoms. The molecule has 4 rings (SSSR count). The average Bonchev–Trinajstić information content (AvgIpc) is 2.96. The Balaban J connectivity index is 1.54. The smallest absolute Gasteiger partial charge is 0.323 e. The molecule has 7 nitrogen and oxygen atoms in total. The number of nitriles is 1. The Kier molecular flexibility index (Phi) is 9.92. The lowest BCUT2D eigenvalue weighted by Crippen LogP contribution is -2.44. The monoisotopic (exact) mass is 600 g/mol. The second kappa shape index (κ2) is 13.8. The molecule has 4 aromatic rings. The third-order valence-corrected chi connectivity index (χ3v) is 7.24. The van der Waals surface area contributed by atoms with Gasteiger partial charge in [0.1, 0.15) is 30.8 Å². The summed E-state index contributed by atoms with van der Waals surface area (Å²) >= 11 is 3.73. The van der Waals surface area contributed by atoms with Crippen LogP contribution in [0.25, 0.3) is 11.1 Å². The van der Waals surface area contributed by atoms with Gasteiger partial charge in [0.2, 0.25) is 0 Å². The Morgan fingerprint density at radius 2 is 1.73 bits per heavy atom. The van der Waals surface area contributed by atoms with Crippen molar-refractivity contribution in [2.45, 2.75) is 38.8 Å². The number of carboxylic acid groups (broad SMARTS) is 1. The molecule has 0 saturated heterocycles. The van der Waals surface area contributed by atoms with Crippen molar-refractivity contribution in [3.05, 3.63) is 118 Å². The van der Waals surface area contributed by atoms with Crippen molar-refractivity contribution in [3.63, 3.8) is 0 Å². The lowest BCUT2D eigenvalue weighted by Gasteiger charge is -2.19. The first-order valence-corrected chi connectivity index (χ1v) is 13.5. The van der Waals surface area contributed by atoms with E-state index >= 15 is 0 Å². The van der Waals surface area contributed by atoms with Crippen molar-refractivity contribution in [3.8, 4) is 28.7 Å². The second-order valence-corrected chi connectivity index (χ2v) is 10.0. The van der Waals surface area contributed by atoms with E-state index < -0.39 is 18.1 Å². The zero-order valence-corrected chi connectivity index (χ0v) is 23.5. The molecule has 0 aliphatic rings. The van der Waals surface area contributed by atoms with Gasteiger partial charge in [0, 0.05) is 28.2 Å². The number of carboxylic acids is 1. The average molecular weight is 601 g/mol. The van der Waals surface area contributed by atoms with Crippen LogP contribution in [0.15, 0.2) is 95.5 Å². The maximum absolute atomic E-state index is 11.5. The van der Waals surface area contributed by atoms with E-state index in [4.69, 9.17) is 9.47 Å². The zero-order chi connectivity index (χ0) is 28.5. The molecule has 2 unspecified atom stereocenters. The van der Waals surface area contributed by atoms with Crippen LogP contribution < -0.4 is 14.8 Å². The van der Waals surface area contributed by atoms with Crippen LogP contribution in [0, 0.1) is 11.3 Å². The van der Waals surface area contributed by atoms with E-state index in [1.807, 2.05) is 36.4 Å². The number of benzene rings is 4. The van der Waals surface area contributed by atoms with Crippen molar-refractivity contribution in [1.82, 2.24) is 5.32 Å². The van der Waals surface area contributed by atoms with Crippen molar-refractivity contribution in [2.24, 2.45) is 0 Å². The van der Waals surface area contributed by atoms with Crippen LogP contribution in [0.5, 0.6) is 11.5 Å². The lowest BCUT2D eigenvalue weighted by atomic mass is 10.0. The van der Waals surface area contributed by atoms with Crippen LogP contribution in [-0.2, 0) is 24.6 Å². The van der Waals surface area contributed by atoms with Gasteiger partial charge in [0.15, 0.2) is 0 Å². The number of ether oxygens (including phenoxy) is 2. The number of nitrogens with one attached hydrogen (secondary N) is 1. The number of hydrogen-bond donors (Lipinski definition) is 3. The van der Waals surface area contributed by atoms with Crippen molar-refractivity contribution in [2.75, 3.05) is 0 Å². The normalized spacial score (nSPS) is 12.2. The predicted octanol–water partition coefficient (Wildman–Crippen LogP) is 6.07. The Hall–Kier alpha value is -4.16.